The molecule has 2 aromatic heterocycles. The summed E-state index contributed by atoms with van der Waals surface area (Å²) in [6.45, 7) is 0. The van der Waals surface area contributed by atoms with E-state index in [-0.39, 0.29) is 5.82 Å². The summed E-state index contributed by atoms with van der Waals surface area (Å²) in [5.41, 5.74) is 2.09. The standard InChI is InChI=1S/C14H9FN2O/c15-12-5-2-1-4-11(12)13-6-3-7-14-16-8-10(9-18)17(13)14/h1-9H. The normalized spacial score (nSPS) is 10.7. The molecule has 0 aliphatic carbocycles. The first-order valence-electron chi connectivity index (χ1n) is 5.48. The molecule has 0 atom stereocenters. The number of nitrogens with zero attached hydrogens (tertiary/aromatic N) is 2. The number of aldehydes is 1. The number of carbonyl (C=O) groups is 1. The lowest BCUT2D eigenvalue weighted by atomic mass is 10.1. The Morgan fingerprint density at radius 1 is 1.11 bits per heavy atom. The molecule has 0 fully saturated rings. The molecule has 0 unspecified atom stereocenters. The zero-order valence-electron chi connectivity index (χ0n) is 9.38. The number of carbonyl (C=O) groups excluding carboxylic acids is 1. The third-order valence-electron chi connectivity index (χ3n) is 2.83. The zero-order valence-corrected chi connectivity index (χ0v) is 9.38. The van der Waals surface area contributed by atoms with Gasteiger partial charge in [0.2, 0.25) is 0 Å². The van der Waals surface area contributed by atoms with Gasteiger partial charge >= 0.3 is 0 Å². The van der Waals surface area contributed by atoms with Crippen molar-refractivity contribution in [3.8, 4) is 11.3 Å². The molecule has 0 N–H and O–H groups in total. The Morgan fingerprint density at radius 2 is 1.94 bits per heavy atom. The van der Waals surface area contributed by atoms with Gasteiger partial charge in [-0.1, -0.05) is 18.2 Å². The summed E-state index contributed by atoms with van der Waals surface area (Å²) in [6.07, 6.45) is 2.19. The van der Waals surface area contributed by atoms with Gasteiger partial charge in [-0.2, -0.15) is 0 Å². The highest BCUT2D eigenvalue weighted by atomic mass is 19.1. The summed E-state index contributed by atoms with van der Waals surface area (Å²) in [5, 5.41) is 0. The third kappa shape index (κ3) is 1.50. The highest BCUT2D eigenvalue weighted by molar-refractivity contribution is 5.77. The maximum atomic E-state index is 13.8. The largest absolute Gasteiger partial charge is 0.296 e. The molecule has 4 heteroatoms. The fourth-order valence-corrected chi connectivity index (χ4v) is 2.02. The second-order valence-electron chi connectivity index (χ2n) is 3.89. The molecule has 18 heavy (non-hydrogen) atoms. The Hall–Kier alpha value is -2.49. The summed E-state index contributed by atoms with van der Waals surface area (Å²) in [5.74, 6) is -0.324. The van der Waals surface area contributed by atoms with Gasteiger partial charge in [0.05, 0.1) is 11.9 Å². The molecule has 0 aliphatic rings. The minimum absolute atomic E-state index is 0.324. The first kappa shape index (κ1) is 10.7. The molecule has 0 saturated heterocycles. The molecule has 88 valence electrons. The number of halogens is 1. The average Bonchev–Trinajstić information content (AvgIpc) is 2.82. The van der Waals surface area contributed by atoms with E-state index in [1.807, 2.05) is 0 Å². The maximum Gasteiger partial charge on any atom is 0.168 e. The molecule has 3 aromatic rings. The van der Waals surface area contributed by atoms with Gasteiger partial charge in [0.1, 0.15) is 17.2 Å². The van der Waals surface area contributed by atoms with Gasteiger partial charge in [-0.15, -0.1) is 0 Å². The van der Waals surface area contributed by atoms with Gasteiger partial charge < -0.3 is 0 Å². The molecule has 0 spiro atoms. The van der Waals surface area contributed by atoms with Crippen LogP contribution in [0.15, 0.2) is 48.7 Å². The first-order valence-corrected chi connectivity index (χ1v) is 5.48. The lowest BCUT2D eigenvalue weighted by molar-refractivity contribution is 0.111. The Labute approximate surface area is 103 Å². The molecule has 0 radical (unpaired) electrons. The van der Waals surface area contributed by atoms with E-state index in [0.29, 0.717) is 28.9 Å². The van der Waals surface area contributed by atoms with Crippen molar-refractivity contribution in [2.75, 3.05) is 0 Å². The van der Waals surface area contributed by atoms with Gasteiger partial charge in [0.15, 0.2) is 6.29 Å². The number of hydrogen-bond acceptors (Lipinski definition) is 2. The minimum Gasteiger partial charge on any atom is -0.296 e. The predicted molar refractivity (Wildman–Crippen MR) is 66.0 cm³/mol. The number of pyridine rings is 1. The summed E-state index contributed by atoms with van der Waals surface area (Å²) in [4.78, 5) is 15.1. The van der Waals surface area contributed by atoms with Crippen LogP contribution in [-0.2, 0) is 0 Å². The number of fused-ring (bicyclic) bond motifs is 1. The van der Waals surface area contributed by atoms with Crippen molar-refractivity contribution in [1.29, 1.82) is 0 Å². The average molecular weight is 240 g/mol. The molecule has 0 saturated carbocycles. The van der Waals surface area contributed by atoms with Crippen LogP contribution in [0, 0.1) is 5.82 Å². The highest BCUT2D eigenvalue weighted by Crippen LogP contribution is 2.24. The van der Waals surface area contributed by atoms with Crippen molar-refractivity contribution in [3.63, 3.8) is 0 Å². The van der Waals surface area contributed by atoms with Gasteiger partial charge in [0.25, 0.3) is 0 Å². The number of imidazole rings is 1. The topological polar surface area (TPSA) is 34.4 Å². The zero-order chi connectivity index (χ0) is 12.5. The molecule has 2 heterocycles. The van der Waals surface area contributed by atoms with Crippen molar-refractivity contribution < 1.29 is 9.18 Å². The van der Waals surface area contributed by atoms with Crippen LogP contribution in [0.1, 0.15) is 10.5 Å². The molecule has 0 amide bonds. The van der Waals surface area contributed by atoms with Crippen molar-refractivity contribution in [2.45, 2.75) is 0 Å². The maximum absolute atomic E-state index is 13.8. The third-order valence-corrected chi connectivity index (χ3v) is 2.83. The SMILES string of the molecule is O=Cc1cnc2cccc(-c3ccccc3F)n12. The number of benzene rings is 1. The van der Waals surface area contributed by atoms with E-state index < -0.39 is 0 Å². The second kappa shape index (κ2) is 4.07. The monoisotopic (exact) mass is 240 g/mol. The van der Waals surface area contributed by atoms with Crippen LogP contribution >= 0.6 is 0 Å². The van der Waals surface area contributed by atoms with Crippen LogP contribution in [0.5, 0.6) is 0 Å². The first-order chi connectivity index (χ1) is 8.81. The minimum atomic E-state index is -0.324. The van der Waals surface area contributed by atoms with Crippen LogP contribution in [-0.4, -0.2) is 15.7 Å². The van der Waals surface area contributed by atoms with Crippen LogP contribution in [0.25, 0.3) is 16.9 Å². The van der Waals surface area contributed by atoms with Gasteiger partial charge in [0, 0.05) is 5.56 Å². The molecule has 3 nitrogen and oxygen atoms in total. The summed E-state index contributed by atoms with van der Waals surface area (Å²) in [7, 11) is 0. The van der Waals surface area contributed by atoms with Gasteiger partial charge in [-0.05, 0) is 24.3 Å². The molecular formula is C14H9FN2O. The van der Waals surface area contributed by atoms with Gasteiger partial charge in [-0.25, -0.2) is 9.37 Å². The van der Waals surface area contributed by atoms with Crippen LogP contribution in [0.3, 0.4) is 0 Å². The summed E-state index contributed by atoms with van der Waals surface area (Å²) in [6, 6.07) is 11.8. The fraction of sp³-hybridized carbons (Fsp3) is 0. The van der Waals surface area contributed by atoms with E-state index in [1.54, 1.807) is 40.8 Å². The van der Waals surface area contributed by atoms with E-state index in [4.69, 9.17) is 0 Å². The van der Waals surface area contributed by atoms with Crippen LogP contribution in [0.2, 0.25) is 0 Å². The van der Waals surface area contributed by atoms with Gasteiger partial charge in [-0.3, -0.25) is 9.20 Å². The second-order valence-corrected chi connectivity index (χ2v) is 3.89. The Balaban J connectivity index is 2.39. The van der Waals surface area contributed by atoms with E-state index in [1.165, 1.54) is 12.3 Å². The van der Waals surface area contributed by atoms with E-state index >= 15 is 0 Å². The van der Waals surface area contributed by atoms with E-state index in [0.717, 1.165) is 0 Å². The molecule has 0 bridgehead atoms. The van der Waals surface area contributed by atoms with Crippen molar-refractivity contribution in [1.82, 2.24) is 9.38 Å². The molecule has 1 aromatic carbocycles. The Morgan fingerprint density at radius 3 is 2.72 bits per heavy atom. The quantitative estimate of drug-likeness (QED) is 0.645. The van der Waals surface area contributed by atoms with Crippen molar-refractivity contribution in [2.24, 2.45) is 0 Å². The lowest BCUT2D eigenvalue weighted by Crippen LogP contribution is -1.97. The molecular weight excluding hydrogens is 231 g/mol. The van der Waals surface area contributed by atoms with Crippen molar-refractivity contribution >= 4 is 11.9 Å². The van der Waals surface area contributed by atoms with E-state index in [9.17, 15) is 9.18 Å². The summed E-state index contributed by atoms with van der Waals surface area (Å²) >= 11 is 0. The molecule has 0 aliphatic heterocycles. The Bertz CT molecular complexity index is 733. The number of aromatic nitrogens is 2. The number of rotatable bonds is 2. The smallest absolute Gasteiger partial charge is 0.168 e. The molecule has 3 rings (SSSR count). The highest BCUT2D eigenvalue weighted by Gasteiger charge is 2.11. The Kier molecular flexibility index (Phi) is 2.41. The van der Waals surface area contributed by atoms with Crippen LogP contribution < -0.4 is 0 Å². The summed E-state index contributed by atoms with van der Waals surface area (Å²) < 4.78 is 15.5. The predicted octanol–water partition coefficient (Wildman–Crippen LogP) is 2.95. The van der Waals surface area contributed by atoms with E-state index in [2.05, 4.69) is 4.98 Å². The number of hydrogen-bond donors (Lipinski definition) is 0. The van der Waals surface area contributed by atoms with Crippen LogP contribution in [0.4, 0.5) is 4.39 Å². The lowest BCUT2D eigenvalue weighted by Gasteiger charge is -2.07. The van der Waals surface area contributed by atoms with Crippen molar-refractivity contribution in [3.05, 3.63) is 60.2 Å². The fourth-order valence-electron chi connectivity index (χ4n) is 2.02.